The average Bonchev–Trinajstić information content (AvgIpc) is 2.36. The number of carbonyl (C=O) groups excluding carboxylic acids is 1. The van der Waals surface area contributed by atoms with Gasteiger partial charge in [-0.05, 0) is 18.2 Å². The summed E-state index contributed by atoms with van der Waals surface area (Å²) >= 11 is 0. The smallest absolute Gasteiger partial charge is 0.337 e. The SMILES string of the molecule is COC(=O)C(O)C(O)c1cc(C#N)ccc1O. The number of ether oxygens (including phenoxy) is 1. The molecule has 1 rings (SSSR count). The van der Waals surface area contributed by atoms with E-state index in [1.807, 2.05) is 6.07 Å². The number of phenols is 1. The Bertz CT molecular complexity index is 465. The number of rotatable bonds is 3. The van der Waals surface area contributed by atoms with Gasteiger partial charge in [0.05, 0.1) is 18.7 Å². The Morgan fingerprint density at radius 2 is 2.12 bits per heavy atom. The summed E-state index contributed by atoms with van der Waals surface area (Å²) in [6.45, 7) is 0. The quantitative estimate of drug-likeness (QED) is 0.629. The van der Waals surface area contributed by atoms with E-state index < -0.39 is 18.2 Å². The first kappa shape index (κ1) is 13.0. The molecule has 0 amide bonds. The Morgan fingerprint density at radius 1 is 1.47 bits per heavy atom. The summed E-state index contributed by atoms with van der Waals surface area (Å²) < 4.78 is 4.26. The zero-order chi connectivity index (χ0) is 13.0. The molecule has 0 saturated heterocycles. The highest BCUT2D eigenvalue weighted by atomic mass is 16.5. The van der Waals surface area contributed by atoms with Crippen molar-refractivity contribution in [1.29, 1.82) is 5.26 Å². The van der Waals surface area contributed by atoms with E-state index in [1.54, 1.807) is 0 Å². The van der Waals surface area contributed by atoms with Gasteiger partial charge in [0.2, 0.25) is 0 Å². The average molecular weight is 237 g/mol. The second-order valence-electron chi connectivity index (χ2n) is 3.30. The van der Waals surface area contributed by atoms with Crippen LogP contribution in [0.4, 0.5) is 0 Å². The van der Waals surface area contributed by atoms with Crippen molar-refractivity contribution in [2.24, 2.45) is 0 Å². The third kappa shape index (κ3) is 2.72. The summed E-state index contributed by atoms with van der Waals surface area (Å²) in [5.41, 5.74) is 0.0795. The van der Waals surface area contributed by atoms with Gasteiger partial charge in [0.15, 0.2) is 6.10 Å². The lowest BCUT2D eigenvalue weighted by Crippen LogP contribution is -2.29. The van der Waals surface area contributed by atoms with Gasteiger partial charge in [-0.3, -0.25) is 0 Å². The highest BCUT2D eigenvalue weighted by Crippen LogP contribution is 2.27. The van der Waals surface area contributed by atoms with Crippen LogP contribution >= 0.6 is 0 Å². The first-order valence-electron chi connectivity index (χ1n) is 4.68. The minimum absolute atomic E-state index is 0.109. The molecule has 0 aromatic heterocycles. The van der Waals surface area contributed by atoms with Crippen molar-refractivity contribution >= 4 is 5.97 Å². The van der Waals surface area contributed by atoms with E-state index in [1.165, 1.54) is 18.2 Å². The predicted molar refractivity (Wildman–Crippen MR) is 55.8 cm³/mol. The number of hydrogen-bond donors (Lipinski definition) is 3. The van der Waals surface area contributed by atoms with E-state index in [0.717, 1.165) is 7.11 Å². The van der Waals surface area contributed by atoms with Gasteiger partial charge in [0.25, 0.3) is 0 Å². The normalized spacial score (nSPS) is 13.5. The Balaban J connectivity index is 3.07. The zero-order valence-corrected chi connectivity index (χ0v) is 8.99. The summed E-state index contributed by atoms with van der Waals surface area (Å²) in [4.78, 5) is 11.0. The van der Waals surface area contributed by atoms with Gasteiger partial charge in [-0.25, -0.2) is 4.79 Å². The Hall–Kier alpha value is -2.10. The molecule has 17 heavy (non-hydrogen) atoms. The van der Waals surface area contributed by atoms with Crippen molar-refractivity contribution in [2.75, 3.05) is 7.11 Å². The van der Waals surface area contributed by atoms with Crippen molar-refractivity contribution in [1.82, 2.24) is 0 Å². The Labute approximate surface area is 97.3 Å². The van der Waals surface area contributed by atoms with Crippen LogP contribution in [-0.4, -0.2) is 34.5 Å². The predicted octanol–water partition coefficient (Wildman–Crippen LogP) is -0.169. The second-order valence-corrected chi connectivity index (χ2v) is 3.30. The fourth-order valence-corrected chi connectivity index (χ4v) is 1.28. The van der Waals surface area contributed by atoms with E-state index >= 15 is 0 Å². The highest BCUT2D eigenvalue weighted by Gasteiger charge is 2.28. The first-order chi connectivity index (χ1) is 8.01. The molecule has 0 radical (unpaired) electrons. The fraction of sp³-hybridized carbons (Fsp3) is 0.273. The third-order valence-electron chi connectivity index (χ3n) is 2.22. The summed E-state index contributed by atoms with van der Waals surface area (Å²) in [7, 11) is 1.06. The maximum Gasteiger partial charge on any atom is 0.337 e. The lowest BCUT2D eigenvalue weighted by molar-refractivity contribution is -0.156. The standard InChI is InChI=1S/C11H11NO5/c1-17-11(16)10(15)9(14)7-4-6(5-12)2-3-8(7)13/h2-4,9-10,13-15H,1H3. The maximum atomic E-state index is 11.0. The van der Waals surface area contributed by atoms with Gasteiger partial charge in [0.1, 0.15) is 11.9 Å². The van der Waals surface area contributed by atoms with Crippen LogP contribution in [0.15, 0.2) is 18.2 Å². The molecule has 2 atom stereocenters. The van der Waals surface area contributed by atoms with Gasteiger partial charge >= 0.3 is 5.97 Å². The molecule has 0 bridgehead atoms. The van der Waals surface area contributed by atoms with Gasteiger partial charge in [-0.15, -0.1) is 0 Å². The molecule has 1 aromatic rings. The van der Waals surface area contributed by atoms with Gasteiger partial charge in [0, 0.05) is 5.56 Å². The molecule has 0 spiro atoms. The molecule has 0 aliphatic rings. The Morgan fingerprint density at radius 3 is 2.65 bits per heavy atom. The number of aliphatic hydroxyl groups excluding tert-OH is 2. The maximum absolute atomic E-state index is 11.0. The van der Waals surface area contributed by atoms with Crippen molar-refractivity contribution in [3.05, 3.63) is 29.3 Å². The number of methoxy groups -OCH3 is 1. The van der Waals surface area contributed by atoms with E-state index in [4.69, 9.17) is 5.26 Å². The van der Waals surface area contributed by atoms with Gasteiger partial charge in [-0.1, -0.05) is 0 Å². The van der Waals surface area contributed by atoms with Crippen LogP contribution < -0.4 is 0 Å². The van der Waals surface area contributed by atoms with Crippen LogP contribution in [0.3, 0.4) is 0 Å². The van der Waals surface area contributed by atoms with Crippen LogP contribution in [0.1, 0.15) is 17.2 Å². The molecule has 3 N–H and O–H groups in total. The summed E-state index contributed by atoms with van der Waals surface area (Å²) in [6.07, 6.45) is -3.48. The minimum atomic E-state index is -1.82. The lowest BCUT2D eigenvalue weighted by Gasteiger charge is -2.17. The van der Waals surface area contributed by atoms with E-state index in [2.05, 4.69) is 4.74 Å². The van der Waals surface area contributed by atoms with E-state index in [-0.39, 0.29) is 16.9 Å². The van der Waals surface area contributed by atoms with Crippen molar-refractivity contribution in [2.45, 2.75) is 12.2 Å². The molecule has 2 unspecified atom stereocenters. The zero-order valence-electron chi connectivity index (χ0n) is 8.99. The minimum Gasteiger partial charge on any atom is -0.508 e. The molecule has 0 fully saturated rings. The van der Waals surface area contributed by atoms with Crippen molar-refractivity contribution in [3.63, 3.8) is 0 Å². The number of aliphatic hydroxyl groups is 2. The topological polar surface area (TPSA) is 111 Å². The molecule has 0 heterocycles. The van der Waals surface area contributed by atoms with Crippen LogP contribution in [-0.2, 0) is 9.53 Å². The largest absolute Gasteiger partial charge is 0.508 e. The lowest BCUT2D eigenvalue weighted by atomic mass is 10.0. The third-order valence-corrected chi connectivity index (χ3v) is 2.22. The van der Waals surface area contributed by atoms with Crippen molar-refractivity contribution in [3.8, 4) is 11.8 Å². The van der Waals surface area contributed by atoms with E-state index in [9.17, 15) is 20.1 Å². The molecule has 6 nitrogen and oxygen atoms in total. The number of benzene rings is 1. The van der Waals surface area contributed by atoms with Crippen LogP contribution in [0.25, 0.3) is 0 Å². The molecule has 6 heteroatoms. The van der Waals surface area contributed by atoms with Gasteiger partial charge < -0.3 is 20.1 Å². The number of hydrogen-bond acceptors (Lipinski definition) is 6. The summed E-state index contributed by atoms with van der Waals surface area (Å²) in [6, 6.07) is 5.54. The number of phenolic OH excluding ortho intramolecular Hbond substituents is 1. The molecule has 0 aliphatic heterocycles. The van der Waals surface area contributed by atoms with E-state index in [0.29, 0.717) is 0 Å². The van der Waals surface area contributed by atoms with Crippen LogP contribution in [0.2, 0.25) is 0 Å². The molecular weight excluding hydrogens is 226 g/mol. The number of nitriles is 1. The second kappa shape index (κ2) is 5.30. The number of nitrogens with zero attached hydrogens (tertiary/aromatic N) is 1. The van der Waals surface area contributed by atoms with Crippen LogP contribution in [0.5, 0.6) is 5.75 Å². The number of esters is 1. The highest BCUT2D eigenvalue weighted by molar-refractivity contribution is 5.75. The Kier molecular flexibility index (Phi) is 4.04. The summed E-state index contributed by atoms with van der Waals surface area (Å²) in [5.74, 6) is -1.35. The van der Waals surface area contributed by atoms with Gasteiger partial charge in [-0.2, -0.15) is 5.26 Å². The molecule has 0 saturated carbocycles. The number of aromatic hydroxyl groups is 1. The number of carbonyl (C=O) groups is 1. The molecule has 0 aliphatic carbocycles. The molecule has 1 aromatic carbocycles. The summed E-state index contributed by atoms with van der Waals surface area (Å²) in [5, 5.41) is 37.2. The molecular formula is C11H11NO5. The van der Waals surface area contributed by atoms with Crippen LogP contribution in [0, 0.1) is 11.3 Å². The first-order valence-corrected chi connectivity index (χ1v) is 4.68. The monoisotopic (exact) mass is 237 g/mol. The fourth-order valence-electron chi connectivity index (χ4n) is 1.28. The van der Waals surface area contributed by atoms with Crippen molar-refractivity contribution < 1.29 is 24.9 Å². The molecule has 90 valence electrons.